The molecule has 17 heavy (non-hydrogen) atoms. The number of rotatable bonds is 6. The lowest BCUT2D eigenvalue weighted by molar-refractivity contribution is -0.109. The number of aldehydes is 1. The molecule has 0 spiro atoms. The first kappa shape index (κ1) is 16.2. The summed E-state index contributed by atoms with van der Waals surface area (Å²) in [5.41, 5.74) is 1.44. The summed E-state index contributed by atoms with van der Waals surface area (Å²) in [5, 5.41) is 10.9. The lowest BCUT2D eigenvalue weighted by Gasteiger charge is -2.22. The summed E-state index contributed by atoms with van der Waals surface area (Å²) < 4.78 is 5.02. The van der Waals surface area contributed by atoms with Crippen molar-refractivity contribution in [1.82, 2.24) is 10.8 Å². The minimum atomic E-state index is -0.693. The Morgan fingerprint density at radius 2 is 2.12 bits per heavy atom. The zero-order chi connectivity index (χ0) is 13.5. The Bertz CT molecular complexity index is 251. The summed E-state index contributed by atoms with van der Waals surface area (Å²) in [5.74, 6) is 0. The van der Waals surface area contributed by atoms with Gasteiger partial charge in [0.25, 0.3) is 0 Å². The van der Waals surface area contributed by atoms with E-state index < -0.39 is 17.7 Å². The van der Waals surface area contributed by atoms with E-state index in [0.29, 0.717) is 6.29 Å². The van der Waals surface area contributed by atoms with E-state index in [0.717, 1.165) is 0 Å². The molecular weight excluding hydrogens is 244 g/mol. The molecule has 0 aliphatic heterocycles. The van der Waals surface area contributed by atoms with Gasteiger partial charge in [-0.1, -0.05) is 0 Å². The summed E-state index contributed by atoms with van der Waals surface area (Å²) in [6.07, 6.45) is 2.03. The molecule has 0 aliphatic rings. The average molecular weight is 264 g/mol. The number of alkyl carbamates (subject to hydrolysis) is 1. The van der Waals surface area contributed by atoms with Crippen LogP contribution in [0.2, 0.25) is 0 Å². The van der Waals surface area contributed by atoms with Crippen molar-refractivity contribution in [3.05, 3.63) is 0 Å². The normalized spacial score (nSPS) is 14.9. The van der Waals surface area contributed by atoms with Crippen LogP contribution in [0.4, 0.5) is 4.79 Å². The van der Waals surface area contributed by atoms with Crippen LogP contribution in [-0.4, -0.2) is 40.9 Å². The maximum atomic E-state index is 11.4. The summed E-state index contributed by atoms with van der Waals surface area (Å²) in [6.45, 7) is 5.22. The van der Waals surface area contributed by atoms with E-state index in [4.69, 9.17) is 9.94 Å². The standard InChI is InChI=1S/C10H20N2O4S/c1-10(2,3)16-9(14)11-7(6-13)5-8(12-15)17-4/h6-8,12,15H,5H2,1-4H3,(H,11,14). The number of thioether (sulfide) groups is 1. The van der Waals surface area contributed by atoms with E-state index in [9.17, 15) is 9.59 Å². The molecule has 0 fully saturated rings. The molecule has 0 bridgehead atoms. The molecule has 0 aromatic rings. The highest BCUT2D eigenvalue weighted by Crippen LogP contribution is 2.10. The Labute approximate surface area is 105 Å². The Hall–Kier alpha value is -0.790. The number of nitrogens with one attached hydrogen (secondary N) is 2. The molecule has 0 aromatic heterocycles. The van der Waals surface area contributed by atoms with Gasteiger partial charge in [-0.25, -0.2) is 4.79 Å². The van der Waals surface area contributed by atoms with Crippen LogP contribution in [-0.2, 0) is 9.53 Å². The van der Waals surface area contributed by atoms with Crippen LogP contribution in [0.15, 0.2) is 0 Å². The third kappa shape index (κ3) is 8.00. The molecule has 0 aromatic carbocycles. The predicted octanol–water partition coefficient (Wildman–Crippen LogP) is 1.14. The van der Waals surface area contributed by atoms with Crippen molar-refractivity contribution in [1.29, 1.82) is 0 Å². The molecule has 0 rings (SSSR count). The first-order chi connectivity index (χ1) is 7.82. The Morgan fingerprint density at radius 3 is 2.47 bits per heavy atom. The fourth-order valence-corrected chi connectivity index (χ4v) is 1.54. The Morgan fingerprint density at radius 1 is 1.53 bits per heavy atom. The van der Waals surface area contributed by atoms with Gasteiger partial charge in [-0.05, 0) is 27.0 Å². The second-order valence-corrected chi connectivity index (χ2v) is 5.52. The van der Waals surface area contributed by atoms with Gasteiger partial charge in [-0.2, -0.15) is 5.48 Å². The third-order valence-electron chi connectivity index (χ3n) is 1.76. The monoisotopic (exact) mass is 264 g/mol. The van der Waals surface area contributed by atoms with Gasteiger partial charge < -0.3 is 20.1 Å². The zero-order valence-corrected chi connectivity index (χ0v) is 11.3. The van der Waals surface area contributed by atoms with Gasteiger partial charge in [0.1, 0.15) is 11.9 Å². The van der Waals surface area contributed by atoms with E-state index in [1.165, 1.54) is 11.8 Å². The lowest BCUT2D eigenvalue weighted by atomic mass is 10.2. The molecule has 0 aliphatic carbocycles. The first-order valence-corrected chi connectivity index (χ1v) is 6.48. The fourth-order valence-electron chi connectivity index (χ4n) is 1.04. The van der Waals surface area contributed by atoms with Crippen molar-refractivity contribution in [2.24, 2.45) is 0 Å². The van der Waals surface area contributed by atoms with Crippen LogP contribution >= 0.6 is 11.8 Å². The molecular formula is C10H20N2O4S. The van der Waals surface area contributed by atoms with Crippen LogP contribution < -0.4 is 10.8 Å². The molecule has 0 saturated heterocycles. The van der Waals surface area contributed by atoms with Gasteiger partial charge in [-0.15, -0.1) is 11.8 Å². The number of hydrogen-bond acceptors (Lipinski definition) is 6. The van der Waals surface area contributed by atoms with E-state index >= 15 is 0 Å². The van der Waals surface area contributed by atoms with Crippen molar-refractivity contribution >= 4 is 24.1 Å². The first-order valence-electron chi connectivity index (χ1n) is 5.19. The van der Waals surface area contributed by atoms with Crippen molar-refractivity contribution in [2.75, 3.05) is 6.26 Å². The second kappa shape index (κ2) is 7.52. The predicted molar refractivity (Wildman–Crippen MR) is 66.1 cm³/mol. The Kier molecular flexibility index (Phi) is 7.17. The number of hydroxylamine groups is 1. The molecule has 7 heteroatoms. The number of ether oxygens (including phenoxy) is 1. The summed E-state index contributed by atoms with van der Waals surface area (Å²) in [6, 6.07) is -0.693. The highest BCUT2D eigenvalue weighted by atomic mass is 32.2. The second-order valence-electron chi connectivity index (χ2n) is 4.48. The number of carbonyl (C=O) groups is 2. The summed E-state index contributed by atoms with van der Waals surface area (Å²) >= 11 is 1.34. The van der Waals surface area contributed by atoms with Crippen LogP contribution in [0, 0.1) is 0 Å². The van der Waals surface area contributed by atoms with Crippen molar-refractivity contribution < 1.29 is 19.5 Å². The largest absolute Gasteiger partial charge is 0.444 e. The minimum Gasteiger partial charge on any atom is -0.444 e. The van der Waals surface area contributed by atoms with E-state index in [1.807, 2.05) is 5.48 Å². The minimum absolute atomic E-state index is 0.278. The van der Waals surface area contributed by atoms with E-state index in [2.05, 4.69) is 5.32 Å². The quantitative estimate of drug-likeness (QED) is 0.379. The van der Waals surface area contributed by atoms with E-state index in [1.54, 1.807) is 27.0 Å². The van der Waals surface area contributed by atoms with Crippen molar-refractivity contribution in [3.8, 4) is 0 Å². The van der Waals surface area contributed by atoms with Gasteiger partial charge in [0, 0.05) is 6.42 Å². The van der Waals surface area contributed by atoms with Crippen molar-refractivity contribution in [2.45, 2.75) is 44.2 Å². The maximum absolute atomic E-state index is 11.4. The topological polar surface area (TPSA) is 87.7 Å². The number of amides is 1. The van der Waals surface area contributed by atoms with Crippen LogP contribution in [0.1, 0.15) is 27.2 Å². The average Bonchev–Trinajstić information content (AvgIpc) is 2.21. The summed E-state index contributed by atoms with van der Waals surface area (Å²) in [4.78, 5) is 22.2. The smallest absolute Gasteiger partial charge is 0.408 e. The van der Waals surface area contributed by atoms with Gasteiger partial charge >= 0.3 is 6.09 Å². The molecule has 100 valence electrons. The van der Waals surface area contributed by atoms with Gasteiger partial charge in [0.05, 0.1) is 11.4 Å². The van der Waals surface area contributed by atoms with Crippen LogP contribution in [0.3, 0.4) is 0 Å². The number of carbonyl (C=O) groups excluding carboxylic acids is 2. The van der Waals surface area contributed by atoms with Crippen LogP contribution in [0.5, 0.6) is 0 Å². The molecule has 0 radical (unpaired) electrons. The maximum Gasteiger partial charge on any atom is 0.408 e. The molecule has 2 unspecified atom stereocenters. The SMILES string of the molecule is CSC(CC(C=O)NC(=O)OC(C)(C)C)NO. The molecule has 2 atom stereocenters. The molecule has 0 saturated carbocycles. The fraction of sp³-hybridized carbons (Fsp3) is 0.800. The number of hydrogen-bond donors (Lipinski definition) is 3. The van der Waals surface area contributed by atoms with Crippen LogP contribution in [0.25, 0.3) is 0 Å². The van der Waals surface area contributed by atoms with Gasteiger partial charge in [0.15, 0.2) is 0 Å². The van der Waals surface area contributed by atoms with Crippen molar-refractivity contribution in [3.63, 3.8) is 0 Å². The third-order valence-corrected chi connectivity index (χ3v) is 2.63. The highest BCUT2D eigenvalue weighted by Gasteiger charge is 2.21. The van der Waals surface area contributed by atoms with Gasteiger partial charge in [0.2, 0.25) is 0 Å². The molecule has 3 N–H and O–H groups in total. The Balaban J connectivity index is 4.21. The van der Waals surface area contributed by atoms with Gasteiger partial charge in [-0.3, -0.25) is 0 Å². The molecule has 0 heterocycles. The molecule has 1 amide bonds. The lowest BCUT2D eigenvalue weighted by Crippen LogP contribution is -2.42. The molecule has 6 nitrogen and oxygen atoms in total. The highest BCUT2D eigenvalue weighted by molar-refractivity contribution is 7.99. The summed E-state index contributed by atoms with van der Waals surface area (Å²) in [7, 11) is 0. The zero-order valence-electron chi connectivity index (χ0n) is 10.5. The van der Waals surface area contributed by atoms with E-state index in [-0.39, 0.29) is 11.8 Å².